The van der Waals surface area contributed by atoms with Crippen molar-refractivity contribution in [1.29, 1.82) is 0 Å². The van der Waals surface area contributed by atoms with Gasteiger partial charge in [-0.25, -0.2) is 4.98 Å². The molecule has 0 aliphatic carbocycles. The van der Waals surface area contributed by atoms with Gasteiger partial charge in [-0.2, -0.15) is 0 Å². The second-order valence-electron chi connectivity index (χ2n) is 3.37. The highest BCUT2D eigenvalue weighted by Crippen LogP contribution is 2.23. The fourth-order valence-corrected chi connectivity index (χ4v) is 1.73. The van der Waals surface area contributed by atoms with Gasteiger partial charge in [-0.05, 0) is 36.8 Å². The van der Waals surface area contributed by atoms with Gasteiger partial charge in [0.15, 0.2) is 0 Å². The number of aryl methyl sites for hydroxylation is 1. The van der Waals surface area contributed by atoms with Crippen LogP contribution in [0.15, 0.2) is 30.5 Å². The quantitative estimate of drug-likeness (QED) is 0.808. The van der Waals surface area contributed by atoms with E-state index in [4.69, 9.17) is 23.2 Å². The number of anilines is 2. The maximum atomic E-state index is 5.88. The Bertz CT molecular complexity index is 512. The molecule has 1 heterocycles. The van der Waals surface area contributed by atoms with Crippen molar-refractivity contribution >= 4 is 34.6 Å². The zero-order valence-corrected chi connectivity index (χ0v) is 10.1. The third-order valence-corrected chi connectivity index (χ3v) is 2.57. The molecular formula is C12H9Cl2N2. The number of hydrogen-bond donors (Lipinski definition) is 1. The van der Waals surface area contributed by atoms with Crippen molar-refractivity contribution in [1.82, 2.24) is 4.98 Å². The van der Waals surface area contributed by atoms with Gasteiger partial charge in [-0.1, -0.05) is 23.2 Å². The van der Waals surface area contributed by atoms with Crippen LogP contribution in [0, 0.1) is 13.0 Å². The number of aromatic nitrogens is 1. The van der Waals surface area contributed by atoms with Crippen LogP contribution in [0.1, 0.15) is 5.56 Å². The van der Waals surface area contributed by atoms with E-state index in [1.54, 1.807) is 6.07 Å². The van der Waals surface area contributed by atoms with Gasteiger partial charge < -0.3 is 5.32 Å². The van der Waals surface area contributed by atoms with E-state index < -0.39 is 0 Å². The normalized spacial score (nSPS) is 10.2. The Labute approximate surface area is 104 Å². The number of rotatable bonds is 2. The highest BCUT2D eigenvalue weighted by atomic mass is 35.5. The van der Waals surface area contributed by atoms with E-state index in [9.17, 15) is 0 Å². The van der Waals surface area contributed by atoms with Gasteiger partial charge in [0.05, 0.1) is 5.69 Å². The Morgan fingerprint density at radius 2 is 2.06 bits per heavy atom. The van der Waals surface area contributed by atoms with Crippen LogP contribution in [0.3, 0.4) is 0 Å². The lowest BCUT2D eigenvalue weighted by Gasteiger charge is -2.09. The molecule has 0 aliphatic rings. The largest absolute Gasteiger partial charge is 0.355 e. The van der Waals surface area contributed by atoms with Gasteiger partial charge in [-0.3, -0.25) is 0 Å². The number of benzene rings is 1. The summed E-state index contributed by atoms with van der Waals surface area (Å²) in [7, 11) is 0. The molecule has 2 rings (SSSR count). The van der Waals surface area contributed by atoms with Crippen LogP contribution < -0.4 is 5.32 Å². The average molecular weight is 252 g/mol. The first-order valence-electron chi connectivity index (χ1n) is 4.71. The molecule has 2 nitrogen and oxygen atoms in total. The molecule has 0 atom stereocenters. The molecule has 1 aromatic heterocycles. The molecule has 0 bridgehead atoms. The van der Waals surface area contributed by atoms with Gasteiger partial charge in [-0.15, -0.1) is 0 Å². The highest BCUT2D eigenvalue weighted by molar-refractivity contribution is 6.30. The number of nitrogens with zero attached hydrogens (tertiary/aromatic N) is 1. The van der Waals surface area contributed by atoms with Crippen molar-refractivity contribution in [3.8, 4) is 0 Å². The van der Waals surface area contributed by atoms with Crippen molar-refractivity contribution in [2.75, 3.05) is 5.32 Å². The van der Waals surface area contributed by atoms with Crippen LogP contribution in [0.4, 0.5) is 11.4 Å². The van der Waals surface area contributed by atoms with E-state index in [1.165, 1.54) is 6.20 Å². The van der Waals surface area contributed by atoms with Crippen LogP contribution in [0.2, 0.25) is 10.2 Å². The number of nitrogens with one attached hydrogen (secondary N) is 1. The first kappa shape index (κ1) is 11.2. The van der Waals surface area contributed by atoms with Crippen molar-refractivity contribution < 1.29 is 0 Å². The van der Waals surface area contributed by atoms with E-state index in [1.807, 2.05) is 25.1 Å². The smallest absolute Gasteiger partial charge is 0.131 e. The lowest BCUT2D eigenvalue weighted by atomic mass is 10.2. The molecule has 16 heavy (non-hydrogen) atoms. The molecule has 1 radical (unpaired) electrons. The first-order valence-corrected chi connectivity index (χ1v) is 5.47. The molecule has 0 unspecified atom stereocenters. The molecule has 4 heteroatoms. The van der Waals surface area contributed by atoms with Crippen molar-refractivity contribution in [2.24, 2.45) is 0 Å². The van der Waals surface area contributed by atoms with Crippen LogP contribution in [0.5, 0.6) is 0 Å². The third-order valence-electron chi connectivity index (χ3n) is 2.13. The molecule has 81 valence electrons. The summed E-state index contributed by atoms with van der Waals surface area (Å²) in [5, 5.41) is 4.36. The molecule has 1 N–H and O–H groups in total. The number of hydrogen-bond acceptors (Lipinski definition) is 2. The summed E-state index contributed by atoms with van der Waals surface area (Å²) >= 11 is 11.7. The van der Waals surface area contributed by atoms with Gasteiger partial charge in [0.25, 0.3) is 0 Å². The fourth-order valence-electron chi connectivity index (χ4n) is 1.35. The zero-order valence-electron chi connectivity index (χ0n) is 8.59. The Kier molecular flexibility index (Phi) is 3.32. The standard InChI is InChI=1S/C12H9Cl2N2/c1-8-6-9(13)2-3-11(8)16-10-4-5-15-12(14)7-10/h2-3,5-7H,1H3,(H,15,16). The van der Waals surface area contributed by atoms with E-state index in [-0.39, 0.29) is 0 Å². The lowest BCUT2D eigenvalue weighted by molar-refractivity contribution is 1.31. The first-order chi connectivity index (χ1) is 7.65. The van der Waals surface area contributed by atoms with Gasteiger partial charge >= 0.3 is 0 Å². The molecule has 0 saturated heterocycles. The van der Waals surface area contributed by atoms with E-state index in [2.05, 4.69) is 16.4 Å². The molecule has 0 saturated carbocycles. The predicted molar refractivity (Wildman–Crippen MR) is 67.6 cm³/mol. The summed E-state index contributed by atoms with van der Waals surface area (Å²) in [6, 6.07) is 10.3. The second kappa shape index (κ2) is 4.73. The van der Waals surface area contributed by atoms with Crippen LogP contribution in [0.25, 0.3) is 0 Å². The van der Waals surface area contributed by atoms with Crippen molar-refractivity contribution in [3.63, 3.8) is 0 Å². The Morgan fingerprint density at radius 1 is 1.25 bits per heavy atom. The van der Waals surface area contributed by atoms with Gasteiger partial charge in [0, 0.05) is 23.0 Å². The molecule has 0 amide bonds. The number of halogens is 2. The van der Waals surface area contributed by atoms with Gasteiger partial charge in [0.2, 0.25) is 0 Å². The Hall–Kier alpha value is -1.25. The highest BCUT2D eigenvalue weighted by Gasteiger charge is 2.00. The van der Waals surface area contributed by atoms with Gasteiger partial charge in [0.1, 0.15) is 5.15 Å². The minimum atomic E-state index is 0.438. The monoisotopic (exact) mass is 251 g/mol. The van der Waals surface area contributed by atoms with Crippen molar-refractivity contribution in [3.05, 3.63) is 52.3 Å². The Balaban J connectivity index is 2.27. The molecule has 2 aromatic rings. The molecular weight excluding hydrogens is 243 g/mol. The summed E-state index contributed by atoms with van der Waals surface area (Å²) in [6.07, 6.45) is 1.54. The predicted octanol–water partition coefficient (Wildman–Crippen LogP) is 4.24. The SMILES string of the molecule is Cc1cc(Cl)ccc1Nc1[c]cnc(Cl)c1. The fraction of sp³-hybridized carbons (Fsp3) is 0.0833. The van der Waals surface area contributed by atoms with E-state index in [0.29, 0.717) is 5.15 Å². The van der Waals surface area contributed by atoms with Crippen LogP contribution >= 0.6 is 23.2 Å². The maximum absolute atomic E-state index is 5.88. The average Bonchev–Trinajstić information content (AvgIpc) is 2.22. The summed E-state index contributed by atoms with van der Waals surface area (Å²) < 4.78 is 0. The molecule has 1 aromatic carbocycles. The summed E-state index contributed by atoms with van der Waals surface area (Å²) in [6.45, 7) is 1.98. The minimum absolute atomic E-state index is 0.438. The number of pyridine rings is 1. The van der Waals surface area contributed by atoms with Crippen LogP contribution in [-0.4, -0.2) is 4.98 Å². The van der Waals surface area contributed by atoms with Crippen LogP contribution in [-0.2, 0) is 0 Å². The molecule has 0 aliphatic heterocycles. The van der Waals surface area contributed by atoms with E-state index in [0.717, 1.165) is 22.0 Å². The minimum Gasteiger partial charge on any atom is -0.355 e. The summed E-state index contributed by atoms with van der Waals surface area (Å²) in [4.78, 5) is 3.87. The third kappa shape index (κ3) is 2.65. The van der Waals surface area contributed by atoms with E-state index >= 15 is 0 Å². The van der Waals surface area contributed by atoms with Crippen molar-refractivity contribution in [2.45, 2.75) is 6.92 Å². The Morgan fingerprint density at radius 3 is 2.75 bits per heavy atom. The topological polar surface area (TPSA) is 24.9 Å². The molecule has 0 fully saturated rings. The lowest BCUT2D eigenvalue weighted by Crippen LogP contribution is -1.93. The zero-order chi connectivity index (χ0) is 11.5. The maximum Gasteiger partial charge on any atom is 0.131 e. The summed E-state index contributed by atoms with van der Waals surface area (Å²) in [5.41, 5.74) is 2.82. The summed E-state index contributed by atoms with van der Waals surface area (Å²) in [5.74, 6) is 0. The molecule has 0 spiro atoms. The second-order valence-corrected chi connectivity index (χ2v) is 4.19.